The third-order valence-corrected chi connectivity index (χ3v) is 2.21. The molecule has 0 bridgehead atoms. The number of esters is 1. The van der Waals surface area contributed by atoms with Gasteiger partial charge < -0.3 is 14.2 Å². The molecule has 0 saturated heterocycles. The van der Waals surface area contributed by atoms with Crippen LogP contribution in [0.5, 0.6) is 11.5 Å². The van der Waals surface area contributed by atoms with Gasteiger partial charge in [-0.3, -0.25) is 19.9 Å². The molecule has 0 radical (unpaired) electrons. The van der Waals surface area contributed by atoms with Crippen LogP contribution >= 0.6 is 0 Å². The SMILES string of the molecule is COC(=O)Cc1ncc(OC)c([N+](=O)[O-])c1OC(F)(F)F. The minimum absolute atomic E-state index is 0.534. The molecule has 0 atom stereocenters. The minimum Gasteiger partial charge on any atom is -0.489 e. The Hall–Kier alpha value is -2.59. The molecule has 21 heavy (non-hydrogen) atoms. The fourth-order valence-electron chi connectivity index (χ4n) is 1.38. The molecule has 116 valence electrons. The second-order valence-corrected chi connectivity index (χ2v) is 3.51. The van der Waals surface area contributed by atoms with E-state index in [1.807, 2.05) is 0 Å². The zero-order valence-corrected chi connectivity index (χ0v) is 10.8. The number of methoxy groups -OCH3 is 2. The molecule has 1 aromatic heterocycles. The van der Waals surface area contributed by atoms with Crippen molar-refractivity contribution in [3.63, 3.8) is 0 Å². The number of hydrogen-bond donors (Lipinski definition) is 0. The van der Waals surface area contributed by atoms with Crippen LogP contribution in [0.2, 0.25) is 0 Å². The van der Waals surface area contributed by atoms with Crippen molar-refractivity contribution >= 4 is 11.7 Å². The summed E-state index contributed by atoms with van der Waals surface area (Å²) >= 11 is 0. The lowest BCUT2D eigenvalue weighted by atomic mass is 10.2. The van der Waals surface area contributed by atoms with Gasteiger partial charge in [0.1, 0.15) is 5.69 Å². The number of ether oxygens (including phenoxy) is 3. The number of carbonyl (C=O) groups is 1. The Kier molecular flexibility index (Phi) is 4.89. The third-order valence-electron chi connectivity index (χ3n) is 2.21. The number of hydrogen-bond acceptors (Lipinski definition) is 7. The highest BCUT2D eigenvalue weighted by atomic mass is 19.4. The fraction of sp³-hybridized carbons (Fsp3) is 0.400. The molecule has 0 aliphatic carbocycles. The number of carbonyl (C=O) groups excluding carboxylic acids is 1. The highest BCUT2D eigenvalue weighted by Gasteiger charge is 2.38. The lowest BCUT2D eigenvalue weighted by molar-refractivity contribution is -0.389. The predicted molar refractivity (Wildman–Crippen MR) is 59.8 cm³/mol. The van der Waals surface area contributed by atoms with Gasteiger partial charge in [-0.1, -0.05) is 0 Å². The van der Waals surface area contributed by atoms with Crippen LogP contribution < -0.4 is 9.47 Å². The van der Waals surface area contributed by atoms with Crippen LogP contribution in [-0.4, -0.2) is 36.5 Å². The zero-order chi connectivity index (χ0) is 16.2. The Morgan fingerprint density at radius 3 is 2.48 bits per heavy atom. The smallest absolute Gasteiger partial charge is 0.489 e. The van der Waals surface area contributed by atoms with E-state index >= 15 is 0 Å². The van der Waals surface area contributed by atoms with E-state index in [0.29, 0.717) is 0 Å². The first kappa shape index (κ1) is 16.5. The molecule has 1 aromatic rings. The summed E-state index contributed by atoms with van der Waals surface area (Å²) in [6.07, 6.45) is -5.12. The Bertz CT molecular complexity index is 560. The van der Waals surface area contributed by atoms with E-state index in [-0.39, 0.29) is 0 Å². The van der Waals surface area contributed by atoms with Crippen LogP contribution in [0, 0.1) is 10.1 Å². The lowest BCUT2D eigenvalue weighted by Crippen LogP contribution is -2.20. The molecule has 1 rings (SSSR count). The molecule has 11 heteroatoms. The number of nitrogens with zero attached hydrogens (tertiary/aromatic N) is 2. The number of aromatic nitrogens is 1. The highest BCUT2D eigenvalue weighted by molar-refractivity contribution is 5.74. The molecule has 0 unspecified atom stereocenters. The van der Waals surface area contributed by atoms with Gasteiger partial charge in [0.25, 0.3) is 0 Å². The quantitative estimate of drug-likeness (QED) is 0.462. The molecule has 0 aliphatic heterocycles. The van der Waals surface area contributed by atoms with Crippen LogP contribution in [0.15, 0.2) is 6.20 Å². The summed E-state index contributed by atoms with van der Waals surface area (Å²) in [5.74, 6) is -2.68. The number of alkyl halides is 3. The maximum Gasteiger partial charge on any atom is 0.573 e. The van der Waals surface area contributed by atoms with Crippen molar-refractivity contribution in [2.24, 2.45) is 0 Å². The first-order valence-corrected chi connectivity index (χ1v) is 5.22. The maximum atomic E-state index is 12.4. The number of halogens is 3. The van der Waals surface area contributed by atoms with Gasteiger partial charge in [-0.15, -0.1) is 13.2 Å². The minimum atomic E-state index is -5.20. The Labute approximate surface area is 115 Å². The molecular formula is C10H9F3N2O6. The summed E-state index contributed by atoms with van der Waals surface area (Å²) in [6, 6.07) is 0. The summed E-state index contributed by atoms with van der Waals surface area (Å²) in [5.41, 5.74) is -1.67. The van der Waals surface area contributed by atoms with Crippen LogP contribution in [0.1, 0.15) is 5.69 Å². The van der Waals surface area contributed by atoms with Gasteiger partial charge in [-0.25, -0.2) is 0 Å². The maximum absolute atomic E-state index is 12.4. The third kappa shape index (κ3) is 4.19. The first-order chi connectivity index (χ1) is 9.69. The average Bonchev–Trinajstić information content (AvgIpc) is 2.37. The molecule has 0 aliphatic rings. The van der Waals surface area contributed by atoms with E-state index in [1.165, 1.54) is 0 Å². The zero-order valence-electron chi connectivity index (χ0n) is 10.8. The molecule has 0 fully saturated rings. The van der Waals surface area contributed by atoms with Crippen LogP contribution in [-0.2, 0) is 16.0 Å². The normalized spacial score (nSPS) is 10.9. The van der Waals surface area contributed by atoms with Crippen molar-refractivity contribution in [2.75, 3.05) is 14.2 Å². The molecule has 0 saturated carbocycles. The summed E-state index contributed by atoms with van der Waals surface area (Å²) in [6.45, 7) is 0. The molecule has 0 aromatic carbocycles. The van der Waals surface area contributed by atoms with E-state index in [4.69, 9.17) is 0 Å². The molecule has 0 N–H and O–H groups in total. The number of rotatable bonds is 5. The molecule has 1 heterocycles. The van der Waals surface area contributed by atoms with E-state index < -0.39 is 46.6 Å². The van der Waals surface area contributed by atoms with Crippen molar-refractivity contribution in [3.8, 4) is 11.5 Å². The Balaban J connectivity index is 3.46. The second-order valence-electron chi connectivity index (χ2n) is 3.51. The second kappa shape index (κ2) is 6.24. The van der Waals surface area contributed by atoms with E-state index in [1.54, 1.807) is 0 Å². The largest absolute Gasteiger partial charge is 0.573 e. The Morgan fingerprint density at radius 2 is 2.05 bits per heavy atom. The molecule has 0 spiro atoms. The van der Waals surface area contributed by atoms with Crippen molar-refractivity contribution < 1.29 is 37.1 Å². The van der Waals surface area contributed by atoms with E-state index in [9.17, 15) is 28.1 Å². The van der Waals surface area contributed by atoms with E-state index in [2.05, 4.69) is 19.2 Å². The van der Waals surface area contributed by atoms with Gasteiger partial charge in [-0.05, 0) is 0 Å². The van der Waals surface area contributed by atoms with Gasteiger partial charge >= 0.3 is 18.0 Å². The molecule has 8 nitrogen and oxygen atoms in total. The van der Waals surface area contributed by atoms with Crippen LogP contribution in [0.4, 0.5) is 18.9 Å². The summed E-state index contributed by atoms with van der Waals surface area (Å²) in [5, 5.41) is 10.9. The average molecular weight is 310 g/mol. The van der Waals surface area contributed by atoms with Gasteiger partial charge in [-0.2, -0.15) is 0 Å². The van der Waals surface area contributed by atoms with Crippen molar-refractivity contribution in [1.82, 2.24) is 4.98 Å². The van der Waals surface area contributed by atoms with Crippen molar-refractivity contribution in [3.05, 3.63) is 22.0 Å². The number of pyridine rings is 1. The van der Waals surface area contributed by atoms with Gasteiger partial charge in [0, 0.05) is 0 Å². The predicted octanol–water partition coefficient (Wildman–Crippen LogP) is 1.61. The van der Waals surface area contributed by atoms with Gasteiger partial charge in [0.05, 0.1) is 31.8 Å². The van der Waals surface area contributed by atoms with Crippen molar-refractivity contribution in [1.29, 1.82) is 0 Å². The molecule has 0 amide bonds. The standard InChI is InChI=1S/C10H9F3N2O6/c1-19-6-4-14-5(3-7(16)20-2)9(8(6)15(17)18)21-10(11,12)13/h4H,3H2,1-2H3. The topological polar surface area (TPSA) is 101 Å². The lowest BCUT2D eigenvalue weighted by Gasteiger charge is -2.13. The van der Waals surface area contributed by atoms with Crippen LogP contribution in [0.3, 0.4) is 0 Å². The highest BCUT2D eigenvalue weighted by Crippen LogP contribution is 2.41. The fourth-order valence-corrected chi connectivity index (χ4v) is 1.38. The monoisotopic (exact) mass is 310 g/mol. The summed E-state index contributed by atoms with van der Waals surface area (Å²) < 4.78 is 49.7. The number of nitro groups is 1. The van der Waals surface area contributed by atoms with Crippen molar-refractivity contribution in [2.45, 2.75) is 12.8 Å². The first-order valence-electron chi connectivity index (χ1n) is 5.22. The molecular weight excluding hydrogens is 301 g/mol. The van der Waals surface area contributed by atoms with Crippen LogP contribution in [0.25, 0.3) is 0 Å². The summed E-state index contributed by atoms with van der Waals surface area (Å²) in [7, 11) is 2.02. The van der Waals surface area contributed by atoms with Gasteiger partial charge in [0.15, 0.2) is 0 Å². The Morgan fingerprint density at radius 1 is 1.43 bits per heavy atom. The van der Waals surface area contributed by atoms with Gasteiger partial charge in [0.2, 0.25) is 11.5 Å². The summed E-state index contributed by atoms with van der Waals surface area (Å²) in [4.78, 5) is 24.5. The van der Waals surface area contributed by atoms with E-state index in [0.717, 1.165) is 20.4 Å².